The van der Waals surface area contributed by atoms with Crippen molar-refractivity contribution in [2.75, 3.05) is 5.32 Å². The lowest BCUT2D eigenvalue weighted by Gasteiger charge is -2.15. The quantitative estimate of drug-likeness (QED) is 0.675. The number of hydrogen-bond donors (Lipinski definition) is 1. The minimum absolute atomic E-state index is 0.0667. The molecule has 0 amide bonds. The third kappa shape index (κ3) is 2.34. The van der Waals surface area contributed by atoms with Crippen molar-refractivity contribution in [3.63, 3.8) is 0 Å². The van der Waals surface area contributed by atoms with Gasteiger partial charge in [0.1, 0.15) is 5.02 Å². The molecule has 1 unspecified atom stereocenters. The fourth-order valence-corrected chi connectivity index (χ4v) is 2.84. The van der Waals surface area contributed by atoms with E-state index in [0.717, 1.165) is 18.5 Å². The third-order valence-electron chi connectivity index (χ3n) is 3.62. The van der Waals surface area contributed by atoms with Crippen molar-refractivity contribution in [1.82, 2.24) is 0 Å². The van der Waals surface area contributed by atoms with E-state index in [4.69, 9.17) is 11.6 Å². The molecular formula is C15H13ClN2O2. The Labute approximate surface area is 121 Å². The predicted octanol–water partition coefficient (Wildman–Crippen LogP) is 4.35. The number of nitrogens with zero attached hydrogens (tertiary/aromatic N) is 1. The summed E-state index contributed by atoms with van der Waals surface area (Å²) in [5, 5.41) is 14.4. The molecule has 0 bridgehead atoms. The molecule has 0 aliphatic heterocycles. The van der Waals surface area contributed by atoms with Crippen LogP contribution in [0.2, 0.25) is 5.02 Å². The van der Waals surface area contributed by atoms with Gasteiger partial charge in [0, 0.05) is 11.8 Å². The molecular weight excluding hydrogens is 276 g/mol. The van der Waals surface area contributed by atoms with Gasteiger partial charge in [-0.2, -0.15) is 0 Å². The third-order valence-corrected chi connectivity index (χ3v) is 3.94. The van der Waals surface area contributed by atoms with E-state index in [2.05, 4.69) is 17.4 Å². The zero-order valence-electron chi connectivity index (χ0n) is 10.7. The molecule has 1 aliphatic carbocycles. The van der Waals surface area contributed by atoms with Gasteiger partial charge >= 0.3 is 0 Å². The summed E-state index contributed by atoms with van der Waals surface area (Å²) in [6, 6.07) is 13.3. The Morgan fingerprint density at radius 2 is 2.05 bits per heavy atom. The van der Waals surface area contributed by atoms with Crippen molar-refractivity contribution >= 4 is 23.0 Å². The van der Waals surface area contributed by atoms with E-state index >= 15 is 0 Å². The molecule has 0 radical (unpaired) electrons. The number of nitro benzene ring substituents is 1. The molecule has 0 fully saturated rings. The standard InChI is InChI=1S/C15H13ClN2O2/c16-13-7-6-11(9-15(13)18(19)20)17-14-8-5-10-3-1-2-4-12(10)14/h1-4,6-7,9,14,17H,5,8H2. The van der Waals surface area contributed by atoms with E-state index in [9.17, 15) is 10.1 Å². The van der Waals surface area contributed by atoms with E-state index in [-0.39, 0.29) is 16.8 Å². The van der Waals surface area contributed by atoms with Gasteiger partial charge in [0.05, 0.1) is 11.0 Å². The fraction of sp³-hybridized carbons (Fsp3) is 0.200. The lowest BCUT2D eigenvalue weighted by Crippen LogP contribution is -2.07. The number of benzene rings is 2. The number of rotatable bonds is 3. The van der Waals surface area contributed by atoms with Crippen LogP contribution < -0.4 is 5.32 Å². The van der Waals surface area contributed by atoms with E-state index in [1.807, 2.05) is 12.1 Å². The zero-order valence-corrected chi connectivity index (χ0v) is 11.4. The maximum Gasteiger partial charge on any atom is 0.289 e. The van der Waals surface area contributed by atoms with Crippen molar-refractivity contribution in [3.05, 3.63) is 68.7 Å². The largest absolute Gasteiger partial charge is 0.378 e. The summed E-state index contributed by atoms with van der Waals surface area (Å²) in [5.41, 5.74) is 3.27. The Balaban J connectivity index is 1.86. The smallest absolute Gasteiger partial charge is 0.289 e. The summed E-state index contributed by atoms with van der Waals surface area (Å²) in [7, 11) is 0. The van der Waals surface area contributed by atoms with E-state index in [1.54, 1.807) is 12.1 Å². The number of fused-ring (bicyclic) bond motifs is 1. The summed E-state index contributed by atoms with van der Waals surface area (Å²) in [6.07, 6.45) is 2.03. The Kier molecular flexibility index (Phi) is 3.32. The van der Waals surface area contributed by atoms with Crippen LogP contribution in [0.1, 0.15) is 23.6 Å². The monoisotopic (exact) mass is 288 g/mol. The average molecular weight is 289 g/mol. The minimum atomic E-state index is -0.462. The lowest BCUT2D eigenvalue weighted by molar-refractivity contribution is -0.384. The first-order valence-electron chi connectivity index (χ1n) is 6.43. The topological polar surface area (TPSA) is 55.2 Å². The summed E-state index contributed by atoms with van der Waals surface area (Å²) in [5.74, 6) is 0. The maximum absolute atomic E-state index is 10.9. The van der Waals surface area contributed by atoms with Gasteiger partial charge in [-0.25, -0.2) is 0 Å². The number of anilines is 1. The van der Waals surface area contributed by atoms with Gasteiger partial charge < -0.3 is 5.32 Å². The predicted molar refractivity (Wildman–Crippen MR) is 79.2 cm³/mol. The van der Waals surface area contributed by atoms with Crippen LogP contribution in [0.3, 0.4) is 0 Å². The molecule has 3 rings (SSSR count). The molecule has 0 aromatic heterocycles. The molecule has 2 aromatic carbocycles. The number of hydrogen-bond acceptors (Lipinski definition) is 3. The molecule has 5 heteroatoms. The van der Waals surface area contributed by atoms with E-state index in [1.165, 1.54) is 17.2 Å². The van der Waals surface area contributed by atoms with Crippen molar-refractivity contribution in [2.24, 2.45) is 0 Å². The molecule has 1 aliphatic rings. The van der Waals surface area contributed by atoms with Crippen LogP contribution in [0.25, 0.3) is 0 Å². The molecule has 1 N–H and O–H groups in total. The maximum atomic E-state index is 10.9. The molecule has 2 aromatic rings. The SMILES string of the molecule is O=[N+]([O-])c1cc(NC2CCc3ccccc32)ccc1Cl. The molecule has 0 saturated heterocycles. The number of nitro groups is 1. The van der Waals surface area contributed by atoms with Gasteiger partial charge in [0.25, 0.3) is 5.69 Å². The summed E-state index contributed by atoms with van der Waals surface area (Å²) < 4.78 is 0. The van der Waals surface area contributed by atoms with Crippen molar-refractivity contribution in [1.29, 1.82) is 0 Å². The number of aryl methyl sites for hydroxylation is 1. The first kappa shape index (κ1) is 12.9. The molecule has 0 saturated carbocycles. The first-order chi connectivity index (χ1) is 9.65. The number of nitrogens with one attached hydrogen (secondary N) is 1. The van der Waals surface area contributed by atoms with Gasteiger partial charge in [-0.15, -0.1) is 0 Å². The second kappa shape index (κ2) is 5.13. The van der Waals surface area contributed by atoms with Gasteiger partial charge in [-0.05, 0) is 36.1 Å². The minimum Gasteiger partial charge on any atom is -0.378 e. The highest BCUT2D eigenvalue weighted by molar-refractivity contribution is 6.32. The van der Waals surface area contributed by atoms with Crippen LogP contribution >= 0.6 is 11.6 Å². The van der Waals surface area contributed by atoms with Gasteiger partial charge in [-0.1, -0.05) is 35.9 Å². The van der Waals surface area contributed by atoms with Gasteiger partial charge in [0.2, 0.25) is 0 Å². The van der Waals surface area contributed by atoms with Gasteiger partial charge in [0.15, 0.2) is 0 Å². The van der Waals surface area contributed by atoms with E-state index in [0.29, 0.717) is 0 Å². The first-order valence-corrected chi connectivity index (χ1v) is 6.81. The zero-order chi connectivity index (χ0) is 14.1. The Hall–Kier alpha value is -2.07. The lowest BCUT2D eigenvalue weighted by atomic mass is 10.1. The Morgan fingerprint density at radius 3 is 2.85 bits per heavy atom. The van der Waals surface area contributed by atoms with Crippen LogP contribution in [-0.4, -0.2) is 4.92 Å². The van der Waals surface area contributed by atoms with Gasteiger partial charge in [-0.3, -0.25) is 10.1 Å². The van der Waals surface area contributed by atoms with Crippen molar-refractivity contribution < 1.29 is 4.92 Å². The summed E-state index contributed by atoms with van der Waals surface area (Å²) in [4.78, 5) is 10.4. The molecule has 0 heterocycles. The highest BCUT2D eigenvalue weighted by Crippen LogP contribution is 2.35. The normalized spacial score (nSPS) is 16.8. The number of halogens is 1. The molecule has 102 valence electrons. The molecule has 20 heavy (non-hydrogen) atoms. The second-order valence-corrected chi connectivity index (χ2v) is 5.26. The average Bonchev–Trinajstić information content (AvgIpc) is 2.84. The van der Waals surface area contributed by atoms with Crippen LogP contribution in [0, 0.1) is 10.1 Å². The van der Waals surface area contributed by atoms with Crippen molar-refractivity contribution in [3.8, 4) is 0 Å². The molecule has 4 nitrogen and oxygen atoms in total. The summed E-state index contributed by atoms with van der Waals surface area (Å²) >= 11 is 5.82. The summed E-state index contributed by atoms with van der Waals surface area (Å²) in [6.45, 7) is 0. The second-order valence-electron chi connectivity index (χ2n) is 4.86. The molecule has 1 atom stereocenters. The fourth-order valence-electron chi connectivity index (χ4n) is 2.65. The van der Waals surface area contributed by atoms with Crippen LogP contribution in [0.5, 0.6) is 0 Å². The molecule has 0 spiro atoms. The van der Waals surface area contributed by atoms with Crippen molar-refractivity contribution in [2.45, 2.75) is 18.9 Å². The highest BCUT2D eigenvalue weighted by atomic mass is 35.5. The Bertz CT molecular complexity index is 673. The van der Waals surface area contributed by atoms with Crippen LogP contribution in [0.4, 0.5) is 11.4 Å². The van der Waals surface area contributed by atoms with Crippen LogP contribution in [-0.2, 0) is 6.42 Å². The van der Waals surface area contributed by atoms with Crippen LogP contribution in [0.15, 0.2) is 42.5 Å². The Morgan fingerprint density at radius 1 is 1.25 bits per heavy atom. The highest BCUT2D eigenvalue weighted by Gasteiger charge is 2.22. The van der Waals surface area contributed by atoms with E-state index < -0.39 is 4.92 Å².